The zero-order valence-electron chi connectivity index (χ0n) is 9.90. The molecule has 0 bridgehead atoms. The Morgan fingerprint density at radius 2 is 2.00 bits per heavy atom. The molecule has 0 saturated carbocycles. The van der Waals surface area contributed by atoms with Crippen molar-refractivity contribution in [2.75, 3.05) is 12.5 Å². The minimum Gasteiger partial charge on any atom is -0.268 e. The molecule has 1 aromatic heterocycles. The Morgan fingerprint density at radius 1 is 1.29 bits per heavy atom. The number of aryl methyl sites for hydroxylation is 1. The molecule has 17 heavy (non-hydrogen) atoms. The van der Waals surface area contributed by atoms with Crippen molar-refractivity contribution < 1.29 is 4.21 Å². The van der Waals surface area contributed by atoms with Crippen molar-refractivity contribution in [3.05, 3.63) is 34.7 Å². The van der Waals surface area contributed by atoms with Crippen LogP contribution in [0.4, 0.5) is 0 Å². The summed E-state index contributed by atoms with van der Waals surface area (Å²) < 4.78 is 11.8. The highest BCUT2D eigenvalue weighted by atomic mass is 35.5. The largest absolute Gasteiger partial charge is 0.268 e. The maximum atomic E-state index is 11.8. The number of rotatable bonds is 1. The third kappa shape index (κ3) is 2.96. The lowest BCUT2D eigenvalue weighted by molar-refractivity contribution is 0.688. The summed E-state index contributed by atoms with van der Waals surface area (Å²) in [5, 5.41) is 3.14. The van der Waals surface area contributed by atoms with Gasteiger partial charge in [0.1, 0.15) is 5.82 Å². The van der Waals surface area contributed by atoms with E-state index >= 15 is 0 Å². The number of hydrogen-bond acceptors (Lipinski definition) is 3. The fourth-order valence-corrected chi connectivity index (χ4v) is 2.49. The summed E-state index contributed by atoms with van der Waals surface area (Å²) in [7, 11) is -2.01. The summed E-state index contributed by atoms with van der Waals surface area (Å²) in [6.45, 7) is 1.82. The van der Waals surface area contributed by atoms with E-state index in [0.717, 1.165) is 10.9 Å². The van der Waals surface area contributed by atoms with Gasteiger partial charge in [-0.15, -0.1) is 0 Å². The van der Waals surface area contributed by atoms with Crippen molar-refractivity contribution in [2.45, 2.75) is 6.92 Å². The van der Waals surface area contributed by atoms with Crippen molar-refractivity contribution in [2.24, 2.45) is 0 Å². The van der Waals surface area contributed by atoms with Crippen LogP contribution in [0.15, 0.2) is 18.2 Å². The molecule has 0 fully saturated rings. The van der Waals surface area contributed by atoms with Gasteiger partial charge in [-0.1, -0.05) is 11.6 Å². The summed E-state index contributed by atoms with van der Waals surface area (Å²) in [5.74, 6) is 0.662. The van der Waals surface area contributed by atoms with Gasteiger partial charge in [0.15, 0.2) is 0 Å². The highest BCUT2D eigenvalue weighted by Gasteiger charge is 2.05. The maximum absolute atomic E-state index is 11.8. The molecule has 1 heterocycles. The highest BCUT2D eigenvalue weighted by Crippen LogP contribution is 2.19. The number of halogens is 1. The molecule has 0 aliphatic heterocycles. The van der Waals surface area contributed by atoms with Crippen LogP contribution in [0.25, 0.3) is 10.9 Å². The molecule has 0 aliphatic carbocycles. The predicted molar refractivity (Wildman–Crippen MR) is 74.4 cm³/mol. The van der Waals surface area contributed by atoms with Crippen molar-refractivity contribution in [3.63, 3.8) is 0 Å². The van der Waals surface area contributed by atoms with Crippen molar-refractivity contribution in [3.8, 4) is 0 Å². The van der Waals surface area contributed by atoms with Crippen molar-refractivity contribution >= 4 is 37.4 Å². The van der Waals surface area contributed by atoms with E-state index in [1.54, 1.807) is 30.0 Å². The fourth-order valence-electron chi connectivity index (χ4n) is 1.60. The lowest BCUT2D eigenvalue weighted by Crippen LogP contribution is -2.03. The SMILES string of the molecule is Cc1nc(C=S(C)(C)=O)c2cc(Cl)ccc2n1. The van der Waals surface area contributed by atoms with Gasteiger partial charge < -0.3 is 0 Å². The summed E-state index contributed by atoms with van der Waals surface area (Å²) in [5.41, 5.74) is 1.50. The molecular formula is C12H13ClN2OS. The molecule has 90 valence electrons. The third-order valence-electron chi connectivity index (χ3n) is 2.19. The molecule has 0 spiro atoms. The Bertz CT molecular complexity index is 695. The lowest BCUT2D eigenvalue weighted by atomic mass is 10.2. The fraction of sp³-hybridized carbons (Fsp3) is 0.250. The third-order valence-corrected chi connectivity index (χ3v) is 3.22. The van der Waals surface area contributed by atoms with Crippen LogP contribution in [0.3, 0.4) is 0 Å². The van der Waals surface area contributed by atoms with E-state index in [0.29, 0.717) is 16.5 Å². The van der Waals surface area contributed by atoms with E-state index < -0.39 is 9.52 Å². The highest BCUT2D eigenvalue weighted by molar-refractivity contribution is 8.00. The Balaban J connectivity index is 2.86. The molecule has 0 amide bonds. The van der Waals surface area contributed by atoms with E-state index in [2.05, 4.69) is 9.97 Å². The minimum atomic E-state index is -2.01. The first-order chi connectivity index (χ1) is 7.85. The number of benzene rings is 1. The first kappa shape index (κ1) is 12.3. The molecule has 3 nitrogen and oxygen atoms in total. The van der Waals surface area contributed by atoms with Crippen LogP contribution in [-0.4, -0.2) is 32.1 Å². The van der Waals surface area contributed by atoms with E-state index in [-0.39, 0.29) is 0 Å². The Morgan fingerprint density at radius 3 is 2.65 bits per heavy atom. The first-order valence-electron chi connectivity index (χ1n) is 5.08. The van der Waals surface area contributed by atoms with E-state index in [9.17, 15) is 4.21 Å². The first-order valence-corrected chi connectivity index (χ1v) is 7.89. The predicted octanol–water partition coefficient (Wildman–Crippen LogP) is 2.29. The number of nitrogens with zero attached hydrogens (tertiary/aromatic N) is 2. The second-order valence-electron chi connectivity index (χ2n) is 4.24. The van der Waals surface area contributed by atoms with E-state index in [1.807, 2.05) is 13.0 Å². The van der Waals surface area contributed by atoms with Gasteiger partial charge in [-0.2, -0.15) is 0 Å². The smallest absolute Gasteiger partial charge is 0.126 e. The van der Waals surface area contributed by atoms with Gasteiger partial charge in [0.05, 0.1) is 11.2 Å². The van der Waals surface area contributed by atoms with Crippen LogP contribution in [0.5, 0.6) is 0 Å². The van der Waals surface area contributed by atoms with Gasteiger partial charge in [-0.05, 0) is 34.6 Å². The monoisotopic (exact) mass is 268 g/mol. The molecular weight excluding hydrogens is 256 g/mol. The van der Waals surface area contributed by atoms with Crippen LogP contribution < -0.4 is 0 Å². The number of aromatic nitrogens is 2. The summed E-state index contributed by atoms with van der Waals surface area (Å²) >= 11 is 5.96. The molecule has 0 saturated heterocycles. The molecule has 2 rings (SSSR count). The van der Waals surface area contributed by atoms with Crippen molar-refractivity contribution in [1.29, 1.82) is 0 Å². The van der Waals surface area contributed by atoms with Gasteiger partial charge in [-0.3, -0.25) is 4.21 Å². The Labute approximate surface area is 106 Å². The molecule has 2 aromatic rings. The molecule has 5 heteroatoms. The van der Waals surface area contributed by atoms with Crippen LogP contribution >= 0.6 is 11.6 Å². The quantitative estimate of drug-likeness (QED) is 0.746. The summed E-state index contributed by atoms with van der Waals surface area (Å²) in [6, 6.07) is 5.43. The molecule has 0 atom stereocenters. The molecule has 0 radical (unpaired) electrons. The second kappa shape index (κ2) is 4.27. The number of fused-ring (bicyclic) bond motifs is 1. The van der Waals surface area contributed by atoms with Crippen LogP contribution in [0.2, 0.25) is 5.02 Å². The second-order valence-corrected chi connectivity index (χ2v) is 7.54. The normalized spacial score (nSPS) is 11.8. The van der Waals surface area contributed by atoms with Crippen LogP contribution in [0.1, 0.15) is 11.5 Å². The van der Waals surface area contributed by atoms with Gasteiger partial charge in [0.2, 0.25) is 0 Å². The molecule has 0 N–H and O–H groups in total. The van der Waals surface area contributed by atoms with Gasteiger partial charge in [0, 0.05) is 28.3 Å². The van der Waals surface area contributed by atoms with Gasteiger partial charge in [-0.25, -0.2) is 9.97 Å². The number of hydrogen-bond donors (Lipinski definition) is 0. The Hall–Kier alpha value is -1.13. The zero-order valence-corrected chi connectivity index (χ0v) is 11.5. The standard InChI is InChI=1S/C12H13ClN2OS/c1-8-14-11-5-4-9(13)6-10(11)12(15-8)7-17(2,3)16/h4-7H,1-3H3. The minimum absolute atomic E-state index is 0.623. The van der Waals surface area contributed by atoms with Crippen LogP contribution in [-0.2, 0) is 9.52 Å². The van der Waals surface area contributed by atoms with Crippen LogP contribution in [0, 0.1) is 6.92 Å². The maximum Gasteiger partial charge on any atom is 0.126 e. The molecule has 0 unspecified atom stereocenters. The average molecular weight is 269 g/mol. The molecule has 1 aromatic carbocycles. The zero-order chi connectivity index (χ0) is 12.6. The Kier molecular flexibility index (Phi) is 3.10. The molecule has 0 aliphatic rings. The van der Waals surface area contributed by atoms with Crippen molar-refractivity contribution in [1.82, 2.24) is 9.97 Å². The topological polar surface area (TPSA) is 42.9 Å². The average Bonchev–Trinajstić information content (AvgIpc) is 2.16. The lowest BCUT2D eigenvalue weighted by Gasteiger charge is -2.04. The summed E-state index contributed by atoms with van der Waals surface area (Å²) in [6.07, 6.45) is 3.36. The summed E-state index contributed by atoms with van der Waals surface area (Å²) in [4.78, 5) is 8.65. The van der Waals surface area contributed by atoms with Gasteiger partial charge >= 0.3 is 0 Å². The van der Waals surface area contributed by atoms with E-state index in [1.165, 1.54) is 0 Å². The van der Waals surface area contributed by atoms with E-state index in [4.69, 9.17) is 11.6 Å². The van der Waals surface area contributed by atoms with Gasteiger partial charge in [0.25, 0.3) is 0 Å².